The molecule has 2 aromatic rings. The molecule has 0 bridgehead atoms. The van der Waals surface area contributed by atoms with Gasteiger partial charge < -0.3 is 4.90 Å². The molecule has 0 heterocycles. The molecule has 0 spiro atoms. The van der Waals surface area contributed by atoms with Crippen LogP contribution in [0.3, 0.4) is 0 Å². The van der Waals surface area contributed by atoms with Crippen molar-refractivity contribution in [3.8, 4) is 0 Å². The number of rotatable bonds is 3. The molecule has 3 heteroatoms. The van der Waals surface area contributed by atoms with Crippen molar-refractivity contribution in [3.63, 3.8) is 0 Å². The van der Waals surface area contributed by atoms with Gasteiger partial charge in [-0.25, -0.2) is 0 Å². The molecule has 3 nitrogen and oxygen atoms in total. The van der Waals surface area contributed by atoms with Gasteiger partial charge in [0.1, 0.15) is 0 Å². The molecule has 0 fully saturated rings. The number of azo groups is 1. The van der Waals surface area contributed by atoms with Crippen LogP contribution in [0.4, 0.5) is 17.1 Å². The van der Waals surface area contributed by atoms with Crippen LogP contribution in [0, 0.1) is 20.8 Å². The van der Waals surface area contributed by atoms with E-state index in [0.717, 1.165) is 17.1 Å². The van der Waals surface area contributed by atoms with E-state index in [1.807, 2.05) is 38.4 Å². The van der Waals surface area contributed by atoms with Gasteiger partial charge >= 0.3 is 0 Å². The van der Waals surface area contributed by atoms with E-state index in [-0.39, 0.29) is 0 Å². The number of benzene rings is 2. The molecule has 0 aliphatic carbocycles. The first-order valence-corrected chi connectivity index (χ1v) is 6.74. The van der Waals surface area contributed by atoms with Gasteiger partial charge in [-0.1, -0.05) is 0 Å². The lowest BCUT2D eigenvalue weighted by Crippen LogP contribution is -2.07. The van der Waals surface area contributed by atoms with E-state index in [4.69, 9.17) is 0 Å². The lowest BCUT2D eigenvalue weighted by Gasteiger charge is -2.11. The molecule has 2 rings (SSSR count). The third-order valence-electron chi connectivity index (χ3n) is 3.56. The standard InChI is InChI=1S/C17H21N3/c1-12-10-16(11-13(2)14(12)3)19-18-15-6-8-17(9-7-15)20(4)5/h6-11H,1-5H3. The van der Waals surface area contributed by atoms with E-state index in [0.29, 0.717) is 0 Å². The number of anilines is 1. The maximum atomic E-state index is 4.33. The van der Waals surface area contributed by atoms with Crippen molar-refractivity contribution in [1.29, 1.82) is 0 Å². The topological polar surface area (TPSA) is 28.0 Å². The monoisotopic (exact) mass is 267 g/mol. The lowest BCUT2D eigenvalue weighted by molar-refractivity contribution is 1.13. The van der Waals surface area contributed by atoms with Gasteiger partial charge in [-0.3, -0.25) is 0 Å². The maximum Gasteiger partial charge on any atom is 0.0862 e. The highest BCUT2D eigenvalue weighted by Crippen LogP contribution is 2.24. The van der Waals surface area contributed by atoms with E-state index in [9.17, 15) is 0 Å². The second kappa shape index (κ2) is 5.87. The van der Waals surface area contributed by atoms with Gasteiger partial charge in [0.2, 0.25) is 0 Å². The van der Waals surface area contributed by atoms with Gasteiger partial charge in [0.15, 0.2) is 0 Å². The Kier molecular flexibility index (Phi) is 4.18. The highest BCUT2D eigenvalue weighted by molar-refractivity contribution is 5.52. The summed E-state index contributed by atoms with van der Waals surface area (Å²) in [5, 5.41) is 8.62. The molecule has 2 aromatic carbocycles. The Labute approximate surface area is 121 Å². The fourth-order valence-corrected chi connectivity index (χ4v) is 2.00. The molecule has 0 atom stereocenters. The molecule has 0 aliphatic heterocycles. The van der Waals surface area contributed by atoms with E-state index in [2.05, 4.69) is 48.0 Å². The minimum atomic E-state index is 0.867. The Morgan fingerprint density at radius 1 is 0.750 bits per heavy atom. The average Bonchev–Trinajstić information content (AvgIpc) is 2.42. The van der Waals surface area contributed by atoms with Crippen LogP contribution in [0.5, 0.6) is 0 Å². The van der Waals surface area contributed by atoms with Gasteiger partial charge in [-0.15, -0.1) is 0 Å². The molecule has 0 saturated heterocycles. The minimum absolute atomic E-state index is 0.867. The Bertz CT molecular complexity index is 602. The molecular formula is C17H21N3. The summed E-state index contributed by atoms with van der Waals surface area (Å²) in [6.45, 7) is 6.34. The summed E-state index contributed by atoms with van der Waals surface area (Å²) in [4.78, 5) is 2.06. The van der Waals surface area contributed by atoms with Crippen molar-refractivity contribution in [1.82, 2.24) is 0 Å². The zero-order valence-corrected chi connectivity index (χ0v) is 12.8. The van der Waals surface area contributed by atoms with Gasteiger partial charge in [0.25, 0.3) is 0 Å². The normalized spacial score (nSPS) is 11.1. The first-order valence-electron chi connectivity index (χ1n) is 6.74. The van der Waals surface area contributed by atoms with Gasteiger partial charge in [-0.2, -0.15) is 10.2 Å². The highest BCUT2D eigenvalue weighted by atomic mass is 15.1. The van der Waals surface area contributed by atoms with E-state index in [1.165, 1.54) is 16.7 Å². The molecule has 0 aliphatic rings. The summed E-state index contributed by atoms with van der Waals surface area (Å²) in [6.07, 6.45) is 0. The van der Waals surface area contributed by atoms with E-state index in [1.54, 1.807) is 0 Å². The second-order valence-electron chi connectivity index (χ2n) is 5.32. The Morgan fingerprint density at radius 3 is 1.75 bits per heavy atom. The zero-order valence-electron chi connectivity index (χ0n) is 12.8. The molecule has 20 heavy (non-hydrogen) atoms. The fourth-order valence-electron chi connectivity index (χ4n) is 2.00. The lowest BCUT2D eigenvalue weighted by atomic mass is 10.0. The van der Waals surface area contributed by atoms with Gasteiger partial charge in [-0.05, 0) is 73.9 Å². The highest BCUT2D eigenvalue weighted by Gasteiger charge is 2.00. The second-order valence-corrected chi connectivity index (χ2v) is 5.32. The summed E-state index contributed by atoms with van der Waals surface area (Å²) in [7, 11) is 4.04. The van der Waals surface area contributed by atoms with Gasteiger partial charge in [0, 0.05) is 19.8 Å². The first-order chi connectivity index (χ1) is 9.47. The summed E-state index contributed by atoms with van der Waals surface area (Å²) in [6, 6.07) is 12.2. The van der Waals surface area contributed by atoms with Crippen LogP contribution < -0.4 is 4.90 Å². The van der Waals surface area contributed by atoms with Gasteiger partial charge in [0.05, 0.1) is 11.4 Å². The maximum absolute atomic E-state index is 4.33. The van der Waals surface area contributed by atoms with E-state index < -0.39 is 0 Å². The Hall–Kier alpha value is -2.16. The summed E-state index contributed by atoms with van der Waals surface area (Å²) in [5.41, 5.74) is 6.75. The van der Waals surface area contributed by atoms with Crippen molar-refractivity contribution in [3.05, 3.63) is 53.1 Å². The SMILES string of the molecule is Cc1cc(N=Nc2ccc(N(C)C)cc2)cc(C)c1C. The van der Waals surface area contributed by atoms with Crippen molar-refractivity contribution < 1.29 is 0 Å². The Balaban J connectivity index is 2.21. The number of aryl methyl sites for hydroxylation is 2. The number of hydrogen-bond acceptors (Lipinski definition) is 3. The summed E-state index contributed by atoms with van der Waals surface area (Å²) < 4.78 is 0. The van der Waals surface area contributed by atoms with Crippen LogP contribution >= 0.6 is 0 Å². The number of nitrogens with zero attached hydrogens (tertiary/aromatic N) is 3. The van der Waals surface area contributed by atoms with Crippen LogP contribution in [0.25, 0.3) is 0 Å². The first kappa shape index (κ1) is 14.3. The zero-order chi connectivity index (χ0) is 14.7. The van der Waals surface area contributed by atoms with Crippen molar-refractivity contribution in [2.24, 2.45) is 10.2 Å². The fraction of sp³-hybridized carbons (Fsp3) is 0.294. The largest absolute Gasteiger partial charge is 0.378 e. The third-order valence-corrected chi connectivity index (χ3v) is 3.56. The molecule has 104 valence electrons. The quantitative estimate of drug-likeness (QED) is 0.711. The van der Waals surface area contributed by atoms with Crippen LogP contribution in [-0.2, 0) is 0 Å². The average molecular weight is 267 g/mol. The van der Waals surface area contributed by atoms with Crippen LogP contribution in [-0.4, -0.2) is 14.1 Å². The van der Waals surface area contributed by atoms with Crippen molar-refractivity contribution in [2.75, 3.05) is 19.0 Å². The predicted octanol–water partition coefficient (Wildman–Crippen LogP) is 5.09. The van der Waals surface area contributed by atoms with Crippen LogP contribution in [0.2, 0.25) is 0 Å². The van der Waals surface area contributed by atoms with E-state index >= 15 is 0 Å². The minimum Gasteiger partial charge on any atom is -0.378 e. The van der Waals surface area contributed by atoms with Crippen molar-refractivity contribution in [2.45, 2.75) is 20.8 Å². The smallest absolute Gasteiger partial charge is 0.0862 e. The van der Waals surface area contributed by atoms with Crippen molar-refractivity contribution >= 4 is 17.1 Å². The molecule has 0 N–H and O–H groups in total. The Morgan fingerprint density at radius 2 is 1.25 bits per heavy atom. The third kappa shape index (κ3) is 3.23. The predicted molar refractivity (Wildman–Crippen MR) is 85.6 cm³/mol. The molecule has 0 radical (unpaired) electrons. The molecular weight excluding hydrogens is 246 g/mol. The molecule has 0 unspecified atom stereocenters. The van der Waals surface area contributed by atoms with Crippen LogP contribution in [0.15, 0.2) is 46.6 Å². The summed E-state index contributed by atoms with van der Waals surface area (Å²) in [5.74, 6) is 0. The molecule has 0 amide bonds. The summed E-state index contributed by atoms with van der Waals surface area (Å²) >= 11 is 0. The van der Waals surface area contributed by atoms with Crippen LogP contribution in [0.1, 0.15) is 16.7 Å². The molecule has 0 saturated carbocycles. The molecule has 0 aromatic heterocycles. The number of hydrogen-bond donors (Lipinski definition) is 0.